The van der Waals surface area contributed by atoms with Gasteiger partial charge in [-0.1, -0.05) is 6.07 Å². The molecule has 0 radical (unpaired) electrons. The number of phenolic OH excluding ortho intramolecular Hbond substituents is 1. The van der Waals surface area contributed by atoms with Crippen LogP contribution in [0, 0.1) is 0 Å². The van der Waals surface area contributed by atoms with Crippen molar-refractivity contribution in [2.45, 2.75) is 12.8 Å². The number of hydrogen-bond acceptors (Lipinski definition) is 3. The summed E-state index contributed by atoms with van der Waals surface area (Å²) in [6.07, 6.45) is -4.41. The number of alkyl halides is 3. The van der Waals surface area contributed by atoms with Crippen molar-refractivity contribution < 1.29 is 23.0 Å². The highest BCUT2D eigenvalue weighted by Gasteiger charge is 2.30. The molecule has 0 aromatic heterocycles. The molecule has 0 bridgehead atoms. The Hall–Kier alpha value is -2.37. The summed E-state index contributed by atoms with van der Waals surface area (Å²) in [5.41, 5.74) is 5.29. The number of aromatic hydroxyl groups is 1. The summed E-state index contributed by atoms with van der Waals surface area (Å²) in [6.45, 7) is 0.0503. The fourth-order valence-electron chi connectivity index (χ4n) is 1.61. The molecule has 0 fully saturated rings. The van der Waals surface area contributed by atoms with Crippen molar-refractivity contribution >= 4 is 5.69 Å². The van der Waals surface area contributed by atoms with E-state index in [1.54, 1.807) is 12.1 Å². The van der Waals surface area contributed by atoms with Gasteiger partial charge in [0.1, 0.15) is 18.1 Å². The summed E-state index contributed by atoms with van der Waals surface area (Å²) >= 11 is 0. The average Bonchev–Trinajstić information content (AvgIpc) is 2.38. The smallest absolute Gasteiger partial charge is 0.416 e. The Morgan fingerprint density at radius 2 is 1.70 bits per heavy atom. The van der Waals surface area contributed by atoms with E-state index in [-0.39, 0.29) is 18.0 Å². The van der Waals surface area contributed by atoms with E-state index < -0.39 is 11.7 Å². The van der Waals surface area contributed by atoms with Crippen molar-refractivity contribution in [3.63, 3.8) is 0 Å². The Kier molecular flexibility index (Phi) is 3.74. The number of benzene rings is 2. The van der Waals surface area contributed by atoms with Gasteiger partial charge in [0.25, 0.3) is 0 Å². The molecule has 3 nitrogen and oxygen atoms in total. The number of ether oxygens (including phenoxy) is 1. The van der Waals surface area contributed by atoms with Gasteiger partial charge in [0.2, 0.25) is 0 Å². The van der Waals surface area contributed by atoms with Gasteiger partial charge in [-0.05, 0) is 36.4 Å². The van der Waals surface area contributed by atoms with Crippen molar-refractivity contribution in [2.24, 2.45) is 0 Å². The monoisotopic (exact) mass is 283 g/mol. The minimum atomic E-state index is -4.41. The zero-order valence-corrected chi connectivity index (χ0v) is 10.3. The Labute approximate surface area is 113 Å². The summed E-state index contributed by atoms with van der Waals surface area (Å²) < 4.78 is 42.8. The molecule has 0 saturated carbocycles. The molecule has 0 aliphatic rings. The van der Waals surface area contributed by atoms with E-state index in [1.807, 2.05) is 0 Å². The molecule has 2 aromatic rings. The van der Waals surface area contributed by atoms with Crippen LogP contribution in [-0.4, -0.2) is 5.11 Å². The van der Waals surface area contributed by atoms with Crippen LogP contribution in [0.15, 0.2) is 42.5 Å². The number of anilines is 1. The average molecular weight is 283 g/mol. The van der Waals surface area contributed by atoms with Crippen LogP contribution < -0.4 is 10.5 Å². The van der Waals surface area contributed by atoms with Gasteiger partial charge >= 0.3 is 6.18 Å². The molecule has 2 aromatic carbocycles. The van der Waals surface area contributed by atoms with Gasteiger partial charge < -0.3 is 15.6 Å². The molecule has 0 unspecified atom stereocenters. The van der Waals surface area contributed by atoms with Crippen molar-refractivity contribution in [1.29, 1.82) is 0 Å². The van der Waals surface area contributed by atoms with E-state index in [2.05, 4.69) is 0 Å². The van der Waals surface area contributed by atoms with Crippen LogP contribution in [0.4, 0.5) is 18.9 Å². The zero-order valence-electron chi connectivity index (χ0n) is 10.3. The van der Waals surface area contributed by atoms with E-state index in [1.165, 1.54) is 18.2 Å². The fraction of sp³-hybridized carbons (Fsp3) is 0.143. The summed E-state index contributed by atoms with van der Waals surface area (Å²) in [5, 5.41) is 9.11. The normalized spacial score (nSPS) is 11.3. The Balaban J connectivity index is 2.08. The van der Waals surface area contributed by atoms with Crippen molar-refractivity contribution in [1.82, 2.24) is 0 Å². The zero-order chi connectivity index (χ0) is 14.8. The first-order valence-corrected chi connectivity index (χ1v) is 5.73. The third-order valence-electron chi connectivity index (χ3n) is 2.70. The number of nitrogen functional groups attached to an aromatic ring is 1. The molecule has 106 valence electrons. The Morgan fingerprint density at radius 1 is 1.05 bits per heavy atom. The van der Waals surface area contributed by atoms with Crippen molar-refractivity contribution in [3.8, 4) is 11.5 Å². The van der Waals surface area contributed by atoms with Gasteiger partial charge in [-0.2, -0.15) is 13.2 Å². The maximum Gasteiger partial charge on any atom is 0.416 e. The van der Waals surface area contributed by atoms with Gasteiger partial charge in [-0.25, -0.2) is 0 Å². The fourth-order valence-corrected chi connectivity index (χ4v) is 1.61. The first-order chi connectivity index (χ1) is 9.36. The standard InChI is InChI=1S/C14H12F3NO2/c15-14(16,17)10-2-1-9(13(18)7-10)8-20-12-5-3-11(19)4-6-12/h1-7,19H,8,18H2. The molecule has 0 heterocycles. The number of phenols is 1. The third kappa shape index (κ3) is 3.34. The van der Waals surface area contributed by atoms with Gasteiger partial charge in [-0.15, -0.1) is 0 Å². The number of rotatable bonds is 3. The molecule has 2 rings (SSSR count). The topological polar surface area (TPSA) is 55.5 Å². The van der Waals surface area contributed by atoms with E-state index in [0.717, 1.165) is 12.1 Å². The molecular weight excluding hydrogens is 271 g/mol. The molecule has 0 amide bonds. The SMILES string of the molecule is Nc1cc(C(F)(F)F)ccc1COc1ccc(O)cc1. The number of hydrogen-bond donors (Lipinski definition) is 2. The number of halogens is 3. The van der Waals surface area contributed by atoms with Crippen LogP contribution in [0.25, 0.3) is 0 Å². The van der Waals surface area contributed by atoms with Crippen LogP contribution in [0.1, 0.15) is 11.1 Å². The van der Waals surface area contributed by atoms with Gasteiger partial charge in [0.05, 0.1) is 5.56 Å². The van der Waals surface area contributed by atoms with Crippen LogP contribution in [0.5, 0.6) is 11.5 Å². The van der Waals surface area contributed by atoms with Crippen LogP contribution in [-0.2, 0) is 12.8 Å². The second-order valence-corrected chi connectivity index (χ2v) is 4.19. The molecular formula is C14H12F3NO2. The first kappa shape index (κ1) is 14.0. The number of nitrogens with two attached hydrogens (primary N) is 1. The lowest BCUT2D eigenvalue weighted by Gasteiger charge is -2.12. The maximum absolute atomic E-state index is 12.5. The summed E-state index contributed by atoms with van der Waals surface area (Å²) in [7, 11) is 0. The highest BCUT2D eigenvalue weighted by atomic mass is 19.4. The lowest BCUT2D eigenvalue weighted by molar-refractivity contribution is -0.137. The largest absolute Gasteiger partial charge is 0.508 e. The highest BCUT2D eigenvalue weighted by molar-refractivity contribution is 5.49. The summed E-state index contributed by atoms with van der Waals surface area (Å²) in [5.74, 6) is 0.591. The molecule has 0 aliphatic heterocycles. The van der Waals surface area contributed by atoms with Crippen LogP contribution >= 0.6 is 0 Å². The molecule has 3 N–H and O–H groups in total. The van der Waals surface area contributed by atoms with Gasteiger partial charge in [0, 0.05) is 11.3 Å². The van der Waals surface area contributed by atoms with E-state index >= 15 is 0 Å². The predicted octanol–water partition coefficient (Wildman–Crippen LogP) is 3.57. The van der Waals surface area contributed by atoms with Gasteiger partial charge in [0.15, 0.2) is 0 Å². The lowest BCUT2D eigenvalue weighted by atomic mass is 10.1. The van der Waals surface area contributed by atoms with Crippen molar-refractivity contribution in [2.75, 3.05) is 5.73 Å². The summed E-state index contributed by atoms with van der Waals surface area (Å²) in [4.78, 5) is 0. The Morgan fingerprint density at radius 3 is 2.25 bits per heavy atom. The molecule has 0 atom stereocenters. The van der Waals surface area contributed by atoms with E-state index in [0.29, 0.717) is 11.3 Å². The van der Waals surface area contributed by atoms with E-state index in [9.17, 15) is 13.2 Å². The molecule has 0 spiro atoms. The molecule has 20 heavy (non-hydrogen) atoms. The van der Waals surface area contributed by atoms with Crippen molar-refractivity contribution in [3.05, 3.63) is 53.6 Å². The molecule has 0 aliphatic carbocycles. The lowest BCUT2D eigenvalue weighted by Crippen LogP contribution is -2.07. The molecule has 0 saturated heterocycles. The maximum atomic E-state index is 12.5. The Bertz CT molecular complexity index is 594. The first-order valence-electron chi connectivity index (χ1n) is 5.73. The quantitative estimate of drug-likeness (QED) is 0.847. The second-order valence-electron chi connectivity index (χ2n) is 4.19. The predicted molar refractivity (Wildman–Crippen MR) is 68.3 cm³/mol. The third-order valence-corrected chi connectivity index (χ3v) is 2.70. The van der Waals surface area contributed by atoms with Gasteiger partial charge in [-0.3, -0.25) is 0 Å². The highest BCUT2D eigenvalue weighted by Crippen LogP contribution is 2.31. The van der Waals surface area contributed by atoms with Crippen LogP contribution in [0.2, 0.25) is 0 Å². The minimum absolute atomic E-state index is 0.0265. The second kappa shape index (κ2) is 5.32. The molecule has 6 heteroatoms. The minimum Gasteiger partial charge on any atom is -0.508 e. The van der Waals surface area contributed by atoms with Crippen LogP contribution in [0.3, 0.4) is 0 Å². The van der Waals surface area contributed by atoms with E-state index in [4.69, 9.17) is 15.6 Å². The summed E-state index contributed by atoms with van der Waals surface area (Å²) in [6, 6.07) is 9.14.